The molecule has 0 aliphatic rings. The van der Waals surface area contributed by atoms with Crippen LogP contribution in [-0.2, 0) is 26.2 Å². The van der Waals surface area contributed by atoms with Crippen molar-refractivity contribution in [1.82, 2.24) is 14.5 Å². The van der Waals surface area contributed by atoms with Crippen LogP contribution in [0.5, 0.6) is 0 Å². The van der Waals surface area contributed by atoms with Gasteiger partial charge in [-0.1, -0.05) is 73.4 Å². The van der Waals surface area contributed by atoms with Gasteiger partial charge in [0.15, 0.2) is 0 Å². The first-order chi connectivity index (χ1) is 17.4. The van der Waals surface area contributed by atoms with E-state index in [1.54, 1.807) is 37.3 Å². The van der Waals surface area contributed by atoms with Gasteiger partial charge in [-0.05, 0) is 47.9 Å². The Morgan fingerprint density at radius 2 is 1.54 bits per heavy atom. The quantitative estimate of drug-likeness (QED) is 0.377. The van der Waals surface area contributed by atoms with Crippen LogP contribution in [-0.4, -0.2) is 55.6 Å². The maximum atomic E-state index is 13.5. The maximum absolute atomic E-state index is 13.5. The van der Waals surface area contributed by atoms with E-state index in [1.807, 2.05) is 38.1 Å². The van der Waals surface area contributed by atoms with Crippen LogP contribution in [0.2, 0.25) is 10.0 Å². The third-order valence-corrected chi connectivity index (χ3v) is 8.54. The van der Waals surface area contributed by atoms with Gasteiger partial charge < -0.3 is 10.2 Å². The molecular weight excluding hydrogens is 533 g/mol. The molecule has 0 heterocycles. The van der Waals surface area contributed by atoms with E-state index in [-0.39, 0.29) is 23.3 Å². The highest BCUT2D eigenvalue weighted by atomic mass is 35.5. The van der Waals surface area contributed by atoms with Crippen molar-refractivity contribution < 1.29 is 18.0 Å². The summed E-state index contributed by atoms with van der Waals surface area (Å²) in [5.41, 5.74) is 0.475. The fourth-order valence-corrected chi connectivity index (χ4v) is 5.44. The molecule has 0 spiro atoms. The number of carbonyl (C=O) groups is 2. The summed E-state index contributed by atoms with van der Waals surface area (Å²) in [4.78, 5) is 27.8. The summed E-state index contributed by atoms with van der Waals surface area (Å²) in [6, 6.07) is 16.3. The van der Waals surface area contributed by atoms with Gasteiger partial charge in [0.2, 0.25) is 21.8 Å². The van der Waals surface area contributed by atoms with Crippen molar-refractivity contribution in [1.29, 1.82) is 0 Å². The van der Waals surface area contributed by atoms with Crippen molar-refractivity contribution in [2.24, 2.45) is 5.92 Å². The smallest absolute Gasteiger partial charge is 0.243 e. The third-order valence-electron chi connectivity index (χ3n) is 6.03. The van der Waals surface area contributed by atoms with Crippen LogP contribution in [0.15, 0.2) is 65.6 Å². The molecule has 0 aliphatic heterocycles. The minimum atomic E-state index is -3.98. The van der Waals surface area contributed by atoms with E-state index in [1.165, 1.54) is 18.0 Å². The topological polar surface area (TPSA) is 86.8 Å². The molecule has 3 aromatic rings. The van der Waals surface area contributed by atoms with Crippen LogP contribution < -0.4 is 5.32 Å². The Hall–Kier alpha value is -2.65. The predicted octanol–water partition coefficient (Wildman–Crippen LogP) is 4.96. The molecule has 0 aromatic heterocycles. The predicted molar refractivity (Wildman–Crippen MR) is 148 cm³/mol. The third kappa shape index (κ3) is 7.02. The van der Waals surface area contributed by atoms with Crippen molar-refractivity contribution in [2.45, 2.75) is 38.3 Å². The first kappa shape index (κ1) is 28.9. The van der Waals surface area contributed by atoms with Gasteiger partial charge in [-0.25, -0.2) is 8.42 Å². The molecule has 2 amide bonds. The monoisotopic (exact) mass is 563 g/mol. The van der Waals surface area contributed by atoms with Crippen LogP contribution in [0, 0.1) is 5.92 Å². The van der Waals surface area contributed by atoms with Gasteiger partial charge in [-0.3, -0.25) is 9.59 Å². The number of hydrogen-bond donors (Lipinski definition) is 1. The summed E-state index contributed by atoms with van der Waals surface area (Å²) in [5, 5.41) is 5.20. The van der Waals surface area contributed by atoms with E-state index in [0.29, 0.717) is 22.2 Å². The van der Waals surface area contributed by atoms with Gasteiger partial charge >= 0.3 is 0 Å². The number of hydrogen-bond acceptors (Lipinski definition) is 4. The minimum absolute atomic E-state index is 0.0581. The molecule has 198 valence electrons. The van der Waals surface area contributed by atoms with Crippen molar-refractivity contribution in [3.05, 3.63) is 76.3 Å². The van der Waals surface area contributed by atoms with E-state index in [0.717, 1.165) is 15.1 Å². The van der Waals surface area contributed by atoms with Crippen LogP contribution in [0.1, 0.15) is 26.3 Å². The highest BCUT2D eigenvalue weighted by molar-refractivity contribution is 7.89. The number of halogens is 2. The largest absolute Gasteiger partial charge is 0.354 e. The number of fused-ring (bicyclic) bond motifs is 1. The van der Waals surface area contributed by atoms with Crippen molar-refractivity contribution in [2.75, 3.05) is 20.1 Å². The number of likely N-dealkylation sites (N-methyl/N-ethyl adjacent to an activating group) is 1. The Morgan fingerprint density at radius 1 is 0.919 bits per heavy atom. The van der Waals surface area contributed by atoms with Gasteiger partial charge in [-0.15, -0.1) is 0 Å². The van der Waals surface area contributed by atoms with Gasteiger partial charge in [0.25, 0.3) is 0 Å². The normalized spacial score (nSPS) is 12.6. The average molecular weight is 565 g/mol. The molecule has 0 aliphatic carbocycles. The van der Waals surface area contributed by atoms with Crippen molar-refractivity contribution in [3.63, 3.8) is 0 Å². The van der Waals surface area contributed by atoms with E-state index < -0.39 is 28.5 Å². The molecule has 3 aromatic carbocycles. The lowest BCUT2D eigenvalue weighted by molar-refractivity contribution is -0.140. The van der Waals surface area contributed by atoms with E-state index in [9.17, 15) is 18.0 Å². The average Bonchev–Trinajstić information content (AvgIpc) is 2.86. The summed E-state index contributed by atoms with van der Waals surface area (Å²) >= 11 is 12.7. The number of benzene rings is 3. The zero-order valence-corrected chi connectivity index (χ0v) is 23.6. The standard InChI is InChI=1S/C27H31Cl2N3O4S/c1-18(2)15-30-27(34)19(3)32(16-23-24(28)10-7-11-25(23)29)26(33)17-31(4)37(35,36)22-13-12-20-8-5-6-9-21(20)14-22/h5-14,18-19H,15-17H2,1-4H3,(H,30,34). The molecule has 10 heteroatoms. The highest BCUT2D eigenvalue weighted by Crippen LogP contribution is 2.27. The Balaban J connectivity index is 1.88. The number of nitrogens with one attached hydrogen (secondary N) is 1. The number of sulfonamides is 1. The summed E-state index contributed by atoms with van der Waals surface area (Å²) in [6.45, 7) is 5.43. The van der Waals surface area contributed by atoms with Gasteiger partial charge in [0, 0.05) is 35.7 Å². The lowest BCUT2D eigenvalue weighted by atomic mass is 10.1. The molecule has 0 radical (unpaired) electrons. The summed E-state index contributed by atoms with van der Waals surface area (Å²) in [7, 11) is -2.64. The number of amides is 2. The fraction of sp³-hybridized carbons (Fsp3) is 0.333. The summed E-state index contributed by atoms with van der Waals surface area (Å²) in [5.74, 6) is -0.697. The Labute approximate surface area is 228 Å². The molecule has 0 saturated carbocycles. The van der Waals surface area contributed by atoms with Crippen LogP contribution in [0.3, 0.4) is 0 Å². The molecule has 37 heavy (non-hydrogen) atoms. The van der Waals surface area contributed by atoms with E-state index >= 15 is 0 Å². The second-order valence-corrected chi connectivity index (χ2v) is 12.2. The van der Waals surface area contributed by atoms with Gasteiger partial charge in [-0.2, -0.15) is 4.31 Å². The van der Waals surface area contributed by atoms with E-state index in [4.69, 9.17) is 23.2 Å². The maximum Gasteiger partial charge on any atom is 0.243 e. The Morgan fingerprint density at radius 3 is 2.16 bits per heavy atom. The van der Waals surface area contributed by atoms with Crippen LogP contribution >= 0.6 is 23.2 Å². The Bertz CT molecular complexity index is 1380. The minimum Gasteiger partial charge on any atom is -0.354 e. The number of rotatable bonds is 10. The highest BCUT2D eigenvalue weighted by Gasteiger charge is 2.31. The van der Waals surface area contributed by atoms with Gasteiger partial charge in [0.1, 0.15) is 6.04 Å². The lowest BCUT2D eigenvalue weighted by Gasteiger charge is -2.31. The number of nitrogens with zero attached hydrogens (tertiary/aromatic N) is 2. The Kier molecular flexibility index (Phi) is 9.58. The molecule has 1 unspecified atom stereocenters. The zero-order chi connectivity index (χ0) is 27.3. The van der Waals surface area contributed by atoms with Gasteiger partial charge in [0.05, 0.1) is 11.4 Å². The van der Waals surface area contributed by atoms with E-state index in [2.05, 4.69) is 5.32 Å². The molecular formula is C27H31Cl2N3O4S. The van der Waals surface area contributed by atoms with Crippen LogP contribution in [0.25, 0.3) is 10.8 Å². The second-order valence-electron chi connectivity index (χ2n) is 9.31. The molecule has 1 N–H and O–H groups in total. The first-order valence-corrected chi connectivity index (χ1v) is 14.1. The SMILES string of the molecule is CC(C)CNC(=O)C(C)N(Cc1c(Cl)cccc1Cl)C(=O)CN(C)S(=O)(=O)c1ccc2ccccc2c1. The zero-order valence-electron chi connectivity index (χ0n) is 21.2. The molecule has 1 atom stereocenters. The number of carbonyl (C=O) groups excluding carboxylic acids is 2. The summed E-state index contributed by atoms with van der Waals surface area (Å²) < 4.78 is 27.6. The second kappa shape index (κ2) is 12.3. The molecule has 7 nitrogen and oxygen atoms in total. The van der Waals surface area contributed by atoms with Crippen molar-refractivity contribution >= 4 is 55.8 Å². The fourth-order valence-electron chi connectivity index (χ4n) is 3.76. The molecule has 0 bridgehead atoms. The van der Waals surface area contributed by atoms with Crippen LogP contribution in [0.4, 0.5) is 0 Å². The molecule has 0 saturated heterocycles. The van der Waals surface area contributed by atoms with Crippen molar-refractivity contribution in [3.8, 4) is 0 Å². The first-order valence-electron chi connectivity index (χ1n) is 11.9. The summed E-state index contributed by atoms with van der Waals surface area (Å²) in [6.07, 6.45) is 0. The molecule has 3 rings (SSSR count). The lowest BCUT2D eigenvalue weighted by Crippen LogP contribution is -2.51. The molecule has 0 fully saturated rings.